The van der Waals surface area contributed by atoms with E-state index in [1.54, 1.807) is 27.7 Å². The van der Waals surface area contributed by atoms with Crippen molar-refractivity contribution in [1.29, 1.82) is 0 Å². The van der Waals surface area contributed by atoms with Crippen LogP contribution in [-0.4, -0.2) is 421 Å². The molecule has 775 valence electrons. The van der Waals surface area contributed by atoms with Crippen molar-refractivity contribution in [2.24, 2.45) is 62.1 Å². The summed E-state index contributed by atoms with van der Waals surface area (Å²) >= 11 is 0. The highest BCUT2D eigenvalue weighted by atomic mass is 16.8. The molecule has 13 rings (SSSR count). The fraction of sp³-hybridized carbons (Fsp3) is 0.923. The fourth-order valence-electron chi connectivity index (χ4n) is 23.9. The third-order valence-electron chi connectivity index (χ3n) is 32.9. The van der Waals surface area contributed by atoms with Crippen molar-refractivity contribution in [3.63, 3.8) is 0 Å². The van der Waals surface area contributed by atoms with Crippen LogP contribution in [0.2, 0.25) is 0 Å². The van der Waals surface area contributed by atoms with E-state index < -0.39 is 366 Å². The van der Waals surface area contributed by atoms with Crippen LogP contribution in [0.5, 0.6) is 0 Å². The zero-order valence-corrected chi connectivity index (χ0v) is 78.4. The van der Waals surface area contributed by atoms with E-state index in [4.69, 9.17) is 80.5 Å². The first kappa shape index (κ1) is 109. The quantitative estimate of drug-likeness (QED) is 0.00959. The minimum Gasteiger partial charge on any atom is -0.462 e. The van der Waals surface area contributed by atoms with E-state index in [0.717, 1.165) is 18.5 Å². The SMILES string of the molecule is CC[C@H](C)[C@H](C[C@H](O)CC(=O)N[C@H]1C(C)O[C@@H](OC(=O)[C@]23CCC(C)(C)CC2C2=CCC4C5(C)CC[C@H](O[C@@H]6O[CH][C@H](O)[C@H](O[C@@H]7OC[C@H](O)[C@H](O)C7O)C6O[C@@H]6OC(CO)[C@H](O)[C@H](O)C6O)[C@](C)(C=O)[C@@H]5CC[C@]4(C)[C@]2(C)CC3O)C(O[C@@H]2OC(C)[C@H](O[C@@H]3OC[C@H](O)C(O[C@@H]4OC[C@H](O)C(O)C4O)C3O)C(O)C2O)C1O)OC(=O)C[C@@H](O)C[C@H](OC1(O)CO[C@H](CO)C1O)[C@@H](C)CC. The van der Waals surface area contributed by atoms with Crippen molar-refractivity contribution in [1.82, 2.24) is 5.32 Å². The predicted octanol–water partition coefficient (Wildman–Crippen LogP) is -5.40. The lowest BCUT2D eigenvalue weighted by atomic mass is 9.33. The number of allylic oxidation sites excluding steroid dienone is 2. The van der Waals surface area contributed by atoms with Gasteiger partial charge in [0.15, 0.2) is 43.8 Å². The first-order chi connectivity index (χ1) is 63.4. The normalized spacial score (nSPS) is 49.1. The summed E-state index contributed by atoms with van der Waals surface area (Å²) in [7, 11) is 0. The highest BCUT2D eigenvalue weighted by molar-refractivity contribution is 5.80. The molecule has 50 atom stereocenters. The number of fused-ring (bicyclic) bond motifs is 7. The Morgan fingerprint density at radius 1 is 0.541 bits per heavy atom. The van der Waals surface area contributed by atoms with Gasteiger partial charge in [0, 0.05) is 12.8 Å². The van der Waals surface area contributed by atoms with Gasteiger partial charge in [-0.1, -0.05) is 93.7 Å². The predicted molar refractivity (Wildman–Crippen MR) is 453 cm³/mol. The van der Waals surface area contributed by atoms with Gasteiger partial charge in [-0.05, 0) is 123 Å². The summed E-state index contributed by atoms with van der Waals surface area (Å²) < 4.78 is 103. The molecule has 0 bridgehead atoms. The highest BCUT2D eigenvalue weighted by Gasteiger charge is 2.74. The summed E-state index contributed by atoms with van der Waals surface area (Å²) in [5, 5.41) is 248. The Labute approximate surface area is 782 Å². The highest BCUT2D eigenvalue weighted by Crippen LogP contribution is 2.76. The number of nitrogens with one attached hydrogen (secondary N) is 1. The number of ether oxygens (including phenoxy) is 17. The Morgan fingerprint density at radius 3 is 1.72 bits per heavy atom. The zero-order chi connectivity index (χ0) is 98.9. The molecule has 8 saturated heterocycles. The Bertz CT molecular complexity index is 3960. The summed E-state index contributed by atoms with van der Waals surface area (Å²) in [6, 6.07) is -1.53. The Kier molecular flexibility index (Phi) is 34.9. The Morgan fingerprint density at radius 2 is 1.10 bits per heavy atom. The second-order valence-corrected chi connectivity index (χ2v) is 42.1. The minimum absolute atomic E-state index is 0.00297. The second-order valence-electron chi connectivity index (χ2n) is 42.1. The maximum atomic E-state index is 16.4. The first-order valence-corrected chi connectivity index (χ1v) is 47.7. The van der Waals surface area contributed by atoms with E-state index >= 15 is 4.79 Å². The molecule has 20 unspecified atom stereocenters. The van der Waals surface area contributed by atoms with Crippen LogP contribution in [0.4, 0.5) is 0 Å². The number of carbonyl (C=O) groups is 4. The molecule has 0 aromatic heterocycles. The third kappa shape index (κ3) is 21.3. The largest absolute Gasteiger partial charge is 0.462 e. The van der Waals surface area contributed by atoms with E-state index in [-0.39, 0.29) is 43.9 Å². The van der Waals surface area contributed by atoms with Crippen LogP contribution in [0.25, 0.3) is 0 Å². The molecule has 8 aliphatic heterocycles. The van der Waals surface area contributed by atoms with E-state index in [0.29, 0.717) is 51.4 Å². The monoisotopic (exact) mass is 1940 g/mol. The molecule has 8 heterocycles. The summed E-state index contributed by atoms with van der Waals surface area (Å²) in [6.07, 6.45) is -58.5. The van der Waals surface area contributed by atoms with Crippen LogP contribution in [-0.2, 0) is 99.7 Å². The van der Waals surface area contributed by atoms with Gasteiger partial charge < -0.3 is 203 Å². The lowest BCUT2D eigenvalue weighted by Crippen LogP contribution is -2.69. The molecule has 0 spiro atoms. The number of aliphatic hydroxyl groups is 22. The van der Waals surface area contributed by atoms with Crippen molar-refractivity contribution in [3.05, 3.63) is 18.3 Å². The molecule has 1 radical (unpaired) electrons. The minimum atomic E-state index is -2.23. The summed E-state index contributed by atoms with van der Waals surface area (Å²) in [5.41, 5.74) is -4.98. The van der Waals surface area contributed by atoms with Gasteiger partial charge in [-0.2, -0.15) is 0 Å². The van der Waals surface area contributed by atoms with Gasteiger partial charge >= 0.3 is 11.9 Å². The van der Waals surface area contributed by atoms with Crippen molar-refractivity contribution < 1.29 is 212 Å². The maximum Gasteiger partial charge on any atom is 0.317 e. The topological polar surface area (TPSA) is 682 Å². The molecule has 1 amide bonds. The van der Waals surface area contributed by atoms with Crippen LogP contribution < -0.4 is 5.32 Å². The number of amides is 1. The van der Waals surface area contributed by atoms with Crippen LogP contribution in [0, 0.1) is 68.7 Å². The van der Waals surface area contributed by atoms with Crippen molar-refractivity contribution in [3.8, 4) is 0 Å². The smallest absolute Gasteiger partial charge is 0.317 e. The zero-order valence-electron chi connectivity index (χ0n) is 78.4. The summed E-state index contributed by atoms with van der Waals surface area (Å²) in [5.74, 6) is -7.16. The molecule has 0 aromatic carbocycles. The molecule has 23 N–H and O–H groups in total. The molecular weight excluding hydrogens is 1790 g/mol. The molecule has 0 aromatic rings. The van der Waals surface area contributed by atoms with Gasteiger partial charge in [-0.3, -0.25) is 14.4 Å². The van der Waals surface area contributed by atoms with E-state index in [1.165, 1.54) is 13.8 Å². The Hall–Kier alpha value is -3.66. The molecular formula is C91H148NO43. The van der Waals surface area contributed by atoms with Crippen LogP contribution in [0.15, 0.2) is 11.6 Å². The van der Waals surface area contributed by atoms with Crippen molar-refractivity contribution in [2.75, 3.05) is 39.6 Å². The van der Waals surface area contributed by atoms with Crippen LogP contribution >= 0.6 is 0 Å². The van der Waals surface area contributed by atoms with Crippen molar-refractivity contribution >= 4 is 24.1 Å². The van der Waals surface area contributed by atoms with Gasteiger partial charge in [-0.25, -0.2) is 0 Å². The third-order valence-corrected chi connectivity index (χ3v) is 32.9. The molecule has 44 heteroatoms. The average Bonchev–Trinajstić information content (AvgIpc) is 0.828. The van der Waals surface area contributed by atoms with Gasteiger partial charge in [0.05, 0.1) is 100 Å². The number of aliphatic hydroxyl groups excluding tert-OH is 21. The Balaban J connectivity index is 0.739. The first-order valence-electron chi connectivity index (χ1n) is 47.7. The molecule has 44 nitrogen and oxygen atoms in total. The number of hydrogen-bond acceptors (Lipinski definition) is 43. The lowest BCUT2D eigenvalue weighted by Gasteiger charge is -2.71. The van der Waals surface area contributed by atoms with Gasteiger partial charge in [0.1, 0.15) is 165 Å². The number of carbonyl (C=O) groups excluding carboxylic acids is 4. The van der Waals surface area contributed by atoms with E-state index in [1.807, 2.05) is 6.92 Å². The van der Waals surface area contributed by atoms with Gasteiger partial charge in [0.25, 0.3) is 0 Å². The molecule has 12 fully saturated rings. The second kappa shape index (κ2) is 43.3. The van der Waals surface area contributed by atoms with Gasteiger partial charge in [0.2, 0.25) is 18.0 Å². The molecule has 135 heavy (non-hydrogen) atoms. The molecule has 4 saturated carbocycles. The van der Waals surface area contributed by atoms with Crippen molar-refractivity contribution in [2.45, 2.75) is 424 Å². The number of rotatable bonds is 33. The molecule has 13 aliphatic rings. The maximum absolute atomic E-state index is 16.4. The number of aldehydes is 1. The van der Waals surface area contributed by atoms with Gasteiger partial charge in [-0.15, -0.1) is 0 Å². The van der Waals surface area contributed by atoms with E-state index in [9.17, 15) is 127 Å². The van der Waals surface area contributed by atoms with Crippen LogP contribution in [0.3, 0.4) is 0 Å². The number of esters is 2. The average molecular weight is 1940 g/mol. The lowest BCUT2D eigenvalue weighted by molar-refractivity contribution is -0.377. The van der Waals surface area contributed by atoms with Crippen LogP contribution in [0.1, 0.15) is 179 Å². The molecule has 5 aliphatic carbocycles. The summed E-state index contributed by atoms with van der Waals surface area (Å²) in [4.78, 5) is 58.9. The number of hydrogen-bond donors (Lipinski definition) is 23. The fourth-order valence-corrected chi connectivity index (χ4v) is 23.9. The standard InChI is InChI=1S/C91H148NO43/c1-13-37(3)49(126-58(104)26-42(97)24-50(38(4)14-2)135-91(118)36-123-52(30-94)76(91)116)23-41(96)25-57(103)92-59-39(5)124-83(74(63(59)108)132-80-69(114)65(110)71(40(6)125-80)129-79-70(115)72(47(100)33-121-79)130-77-66(111)60(105)45(98)31-119-77)134-84(117)90-22-21-85(7,8)27-44(90)43-15-16-54-86(9)19-18-56(87(10,35-95)53(86)17-20-88(54,11)89(43,12)28-55(90)102)128-82-75(133-81-68(113)64(109)62(107)51(29-93)127-81)73(48(101)34-122-82)131-78-67(112)61(106)46(99)32-120-78/h15,34-35,37-42,44-56,59-83,93-94,96-102,105-116,118H,13-14,16-33,36H2,1-12H3,(H,92,103)/t37-,38-,39?,40?,41-,42-,44?,45-,46-,47-,48-,49-,50-,51?,52+,53+,54?,55?,56-,59-,60?,61-,62-,63?,64-,65?,66?,67?,68?,69?,70?,71-,72?,73-,74?,75?,76?,77-,78-,79-,80-,81-,82-,83-,86?,87+,88-,89+,90+,91?/m0/s1. The summed E-state index contributed by atoms with van der Waals surface area (Å²) in [6.45, 7) is 19.7. The van der Waals surface area contributed by atoms with E-state index in [2.05, 4.69) is 46.0 Å².